The first kappa shape index (κ1) is 16.5. The van der Waals surface area contributed by atoms with E-state index in [0.717, 1.165) is 31.4 Å². The van der Waals surface area contributed by atoms with Crippen molar-refractivity contribution in [1.82, 2.24) is 14.7 Å². The number of esters is 1. The largest absolute Gasteiger partial charge is 0.465 e. The lowest BCUT2D eigenvalue weighted by Gasteiger charge is -2.33. The fourth-order valence-electron chi connectivity index (χ4n) is 2.92. The number of carbonyl (C=O) groups is 2. The second-order valence-electron chi connectivity index (χ2n) is 5.82. The van der Waals surface area contributed by atoms with E-state index in [1.165, 1.54) is 6.42 Å². The van der Waals surface area contributed by atoms with Gasteiger partial charge in [-0.25, -0.2) is 0 Å². The van der Waals surface area contributed by atoms with Crippen LogP contribution in [0.4, 0.5) is 0 Å². The van der Waals surface area contributed by atoms with Crippen molar-refractivity contribution in [3.8, 4) is 0 Å². The monoisotopic (exact) mass is 307 g/mol. The molecule has 1 saturated carbocycles. The molecular weight excluding hydrogens is 282 g/mol. The molecule has 1 aliphatic carbocycles. The SMILES string of the molecule is CCOC(=O)CN(C(=O)c1cc(C)n(C)n1)C1CCCCC1. The molecule has 0 spiro atoms. The van der Waals surface area contributed by atoms with Crippen LogP contribution in [0, 0.1) is 6.92 Å². The number of hydrogen-bond donors (Lipinski definition) is 0. The van der Waals surface area contributed by atoms with Gasteiger partial charge >= 0.3 is 5.97 Å². The van der Waals surface area contributed by atoms with Gasteiger partial charge in [-0.2, -0.15) is 5.10 Å². The third kappa shape index (κ3) is 3.87. The predicted octanol–water partition coefficient (Wildman–Crippen LogP) is 2.07. The molecule has 0 saturated heterocycles. The van der Waals surface area contributed by atoms with E-state index < -0.39 is 0 Å². The van der Waals surface area contributed by atoms with Gasteiger partial charge in [0.1, 0.15) is 6.54 Å². The third-order valence-electron chi connectivity index (χ3n) is 4.21. The standard InChI is InChI=1S/C16H25N3O3/c1-4-22-15(20)11-19(13-8-6-5-7-9-13)16(21)14-10-12(2)18(3)17-14/h10,13H,4-9,11H2,1-3H3. The van der Waals surface area contributed by atoms with Crippen molar-refractivity contribution >= 4 is 11.9 Å². The highest BCUT2D eigenvalue weighted by atomic mass is 16.5. The lowest BCUT2D eigenvalue weighted by Crippen LogP contribution is -2.45. The summed E-state index contributed by atoms with van der Waals surface area (Å²) in [7, 11) is 1.81. The van der Waals surface area contributed by atoms with Crippen LogP contribution in [0.1, 0.15) is 55.2 Å². The van der Waals surface area contributed by atoms with Crippen molar-refractivity contribution in [3.05, 3.63) is 17.5 Å². The lowest BCUT2D eigenvalue weighted by molar-refractivity contribution is -0.144. The number of rotatable bonds is 5. The average molecular weight is 307 g/mol. The Morgan fingerprint density at radius 1 is 1.36 bits per heavy atom. The van der Waals surface area contributed by atoms with Crippen LogP contribution in [0.5, 0.6) is 0 Å². The molecule has 1 heterocycles. The van der Waals surface area contributed by atoms with E-state index in [4.69, 9.17) is 4.74 Å². The maximum absolute atomic E-state index is 12.8. The molecule has 6 nitrogen and oxygen atoms in total. The molecule has 0 atom stereocenters. The molecule has 1 fully saturated rings. The molecular formula is C16H25N3O3. The smallest absolute Gasteiger partial charge is 0.325 e. The van der Waals surface area contributed by atoms with Crippen LogP contribution in [0.3, 0.4) is 0 Å². The summed E-state index contributed by atoms with van der Waals surface area (Å²) >= 11 is 0. The quantitative estimate of drug-likeness (QED) is 0.781. The minimum atomic E-state index is -0.353. The molecule has 1 aromatic heterocycles. The van der Waals surface area contributed by atoms with E-state index in [-0.39, 0.29) is 24.5 Å². The average Bonchev–Trinajstić information content (AvgIpc) is 2.85. The number of nitrogens with zero attached hydrogens (tertiary/aromatic N) is 3. The fraction of sp³-hybridized carbons (Fsp3) is 0.688. The summed E-state index contributed by atoms with van der Waals surface area (Å²) in [6.45, 7) is 4.01. The highest BCUT2D eigenvalue weighted by molar-refractivity contribution is 5.94. The highest BCUT2D eigenvalue weighted by Gasteiger charge is 2.29. The maximum Gasteiger partial charge on any atom is 0.325 e. The zero-order valence-corrected chi connectivity index (χ0v) is 13.7. The minimum absolute atomic E-state index is 0.00691. The third-order valence-corrected chi connectivity index (χ3v) is 4.21. The number of carbonyl (C=O) groups excluding carboxylic acids is 2. The van der Waals surface area contributed by atoms with Gasteiger partial charge in [-0.05, 0) is 32.8 Å². The molecule has 22 heavy (non-hydrogen) atoms. The van der Waals surface area contributed by atoms with E-state index in [9.17, 15) is 9.59 Å². The second-order valence-corrected chi connectivity index (χ2v) is 5.82. The molecule has 0 radical (unpaired) electrons. The Labute approximate surface area is 131 Å². The number of aromatic nitrogens is 2. The molecule has 0 aliphatic heterocycles. The van der Waals surface area contributed by atoms with Crippen molar-refractivity contribution < 1.29 is 14.3 Å². The summed E-state index contributed by atoms with van der Waals surface area (Å²) in [5, 5.41) is 4.25. The van der Waals surface area contributed by atoms with Gasteiger partial charge < -0.3 is 9.64 Å². The Morgan fingerprint density at radius 2 is 2.05 bits per heavy atom. The van der Waals surface area contributed by atoms with Gasteiger partial charge in [0, 0.05) is 18.8 Å². The number of amides is 1. The van der Waals surface area contributed by atoms with Gasteiger partial charge in [0.05, 0.1) is 6.61 Å². The zero-order valence-electron chi connectivity index (χ0n) is 13.7. The van der Waals surface area contributed by atoms with Crippen LogP contribution in [-0.4, -0.2) is 45.8 Å². The van der Waals surface area contributed by atoms with Gasteiger partial charge in [-0.15, -0.1) is 0 Å². The number of ether oxygens (including phenoxy) is 1. The van der Waals surface area contributed by atoms with Gasteiger partial charge in [0.25, 0.3) is 5.91 Å². The predicted molar refractivity (Wildman–Crippen MR) is 82.5 cm³/mol. The molecule has 1 aliphatic rings. The van der Waals surface area contributed by atoms with Crippen molar-refractivity contribution in [1.29, 1.82) is 0 Å². The molecule has 0 bridgehead atoms. The first-order chi connectivity index (χ1) is 10.5. The van der Waals surface area contributed by atoms with Gasteiger partial charge in [-0.1, -0.05) is 19.3 Å². The minimum Gasteiger partial charge on any atom is -0.465 e. The molecule has 2 rings (SSSR count). The summed E-state index contributed by atoms with van der Waals surface area (Å²) in [6.07, 6.45) is 5.27. The Bertz CT molecular complexity index is 513. The van der Waals surface area contributed by atoms with Crippen LogP contribution in [0.2, 0.25) is 0 Å². The van der Waals surface area contributed by atoms with Crippen molar-refractivity contribution in [2.45, 2.75) is 52.0 Å². The van der Waals surface area contributed by atoms with Gasteiger partial charge in [-0.3, -0.25) is 14.3 Å². The van der Waals surface area contributed by atoms with Crippen molar-refractivity contribution in [2.24, 2.45) is 7.05 Å². The van der Waals surface area contributed by atoms with E-state index in [0.29, 0.717) is 12.3 Å². The molecule has 6 heteroatoms. The summed E-state index contributed by atoms with van der Waals surface area (Å²) in [5.41, 5.74) is 1.32. The molecule has 0 N–H and O–H groups in total. The van der Waals surface area contributed by atoms with E-state index in [1.807, 2.05) is 14.0 Å². The molecule has 0 unspecified atom stereocenters. The topological polar surface area (TPSA) is 64.4 Å². The van der Waals surface area contributed by atoms with Gasteiger partial charge in [0.15, 0.2) is 5.69 Å². The molecule has 0 aromatic carbocycles. The maximum atomic E-state index is 12.8. The van der Waals surface area contributed by atoms with Crippen LogP contribution in [-0.2, 0) is 16.6 Å². The van der Waals surface area contributed by atoms with Crippen LogP contribution < -0.4 is 0 Å². The number of aryl methyl sites for hydroxylation is 2. The molecule has 122 valence electrons. The van der Waals surface area contributed by atoms with Crippen LogP contribution in [0.15, 0.2) is 6.07 Å². The van der Waals surface area contributed by atoms with Crippen LogP contribution >= 0.6 is 0 Å². The van der Waals surface area contributed by atoms with Crippen molar-refractivity contribution in [2.75, 3.05) is 13.2 Å². The van der Waals surface area contributed by atoms with E-state index >= 15 is 0 Å². The Morgan fingerprint density at radius 3 is 2.59 bits per heavy atom. The zero-order chi connectivity index (χ0) is 16.1. The normalized spacial score (nSPS) is 15.6. The Kier molecular flexibility index (Phi) is 5.57. The summed E-state index contributed by atoms with van der Waals surface area (Å²) in [6, 6.07) is 1.87. The first-order valence-electron chi connectivity index (χ1n) is 8.00. The van der Waals surface area contributed by atoms with Crippen LogP contribution in [0.25, 0.3) is 0 Å². The molecule has 1 amide bonds. The lowest BCUT2D eigenvalue weighted by atomic mass is 9.94. The fourth-order valence-corrected chi connectivity index (χ4v) is 2.92. The van der Waals surface area contributed by atoms with Crippen molar-refractivity contribution in [3.63, 3.8) is 0 Å². The summed E-state index contributed by atoms with van der Waals surface area (Å²) < 4.78 is 6.70. The number of hydrogen-bond acceptors (Lipinski definition) is 4. The highest BCUT2D eigenvalue weighted by Crippen LogP contribution is 2.24. The second kappa shape index (κ2) is 7.42. The summed E-state index contributed by atoms with van der Waals surface area (Å²) in [5.74, 6) is -0.530. The Balaban J connectivity index is 2.18. The van der Waals surface area contributed by atoms with E-state index in [2.05, 4.69) is 5.10 Å². The first-order valence-corrected chi connectivity index (χ1v) is 8.00. The molecule has 1 aromatic rings. The van der Waals surface area contributed by atoms with Gasteiger partial charge in [0.2, 0.25) is 0 Å². The summed E-state index contributed by atoms with van der Waals surface area (Å²) in [4.78, 5) is 26.3. The Hall–Kier alpha value is -1.85. The van der Waals surface area contributed by atoms with E-state index in [1.54, 1.807) is 22.6 Å².